The monoisotopic (exact) mass is 377 g/mol. The van der Waals surface area contributed by atoms with E-state index in [1.807, 2.05) is 18.2 Å². The van der Waals surface area contributed by atoms with Crippen LogP contribution in [0.15, 0.2) is 30.3 Å². The van der Waals surface area contributed by atoms with Crippen LogP contribution in [0.2, 0.25) is 18.1 Å². The van der Waals surface area contributed by atoms with Gasteiger partial charge in [-0.1, -0.05) is 71.9 Å². The van der Waals surface area contributed by atoms with Gasteiger partial charge < -0.3 is 9.53 Å². The molecule has 1 aromatic rings. The first kappa shape index (κ1) is 21.0. The number of likely N-dealkylation sites (tertiary alicyclic amines) is 1. The summed E-state index contributed by atoms with van der Waals surface area (Å²) in [6.45, 7) is 17.9. The van der Waals surface area contributed by atoms with Crippen molar-refractivity contribution in [2.45, 2.75) is 77.7 Å². The molecule has 1 aliphatic heterocycles. The summed E-state index contributed by atoms with van der Waals surface area (Å²) in [6.07, 6.45) is -0.254. The molecule has 1 fully saturated rings. The second-order valence-corrected chi connectivity index (χ2v) is 14.8. The van der Waals surface area contributed by atoms with Crippen LogP contribution in [0.4, 0.5) is 4.79 Å². The summed E-state index contributed by atoms with van der Waals surface area (Å²) in [5.74, 6) is 0. The molecule has 2 atom stereocenters. The maximum absolute atomic E-state index is 12.2. The molecule has 0 bridgehead atoms. The molecule has 0 radical (unpaired) electrons. The van der Waals surface area contributed by atoms with Crippen molar-refractivity contribution >= 4 is 14.4 Å². The molecule has 0 unspecified atom stereocenters. The fraction of sp³-hybridized carbons (Fsp3) is 0.667. The zero-order valence-electron chi connectivity index (χ0n) is 17.6. The number of amides is 1. The second-order valence-electron chi connectivity index (χ2n) is 10.1. The molecule has 0 saturated carbocycles. The molecular weight excluding hydrogens is 342 g/mol. The zero-order valence-corrected chi connectivity index (χ0v) is 18.6. The summed E-state index contributed by atoms with van der Waals surface area (Å²) in [5, 5.41) is 10.1. The fourth-order valence-corrected chi connectivity index (χ4v) is 5.25. The lowest BCUT2D eigenvalue weighted by atomic mass is 9.67. The molecular formula is C21H35NO3Si. The molecule has 4 nitrogen and oxygen atoms in total. The van der Waals surface area contributed by atoms with Gasteiger partial charge in [0.2, 0.25) is 0 Å². The highest BCUT2D eigenvalue weighted by Gasteiger charge is 2.57. The van der Waals surface area contributed by atoms with Crippen molar-refractivity contribution in [2.24, 2.45) is 5.41 Å². The maximum Gasteiger partial charge on any atom is 0.408 e. The lowest BCUT2D eigenvalue weighted by molar-refractivity contribution is 0.0272. The summed E-state index contributed by atoms with van der Waals surface area (Å²) in [7, 11) is -1.98. The Hall–Kier alpha value is -1.33. The third kappa shape index (κ3) is 3.56. The van der Waals surface area contributed by atoms with Crippen LogP contribution < -0.4 is 0 Å². The lowest BCUT2D eigenvalue weighted by Gasteiger charge is -2.47. The van der Waals surface area contributed by atoms with E-state index in [4.69, 9.17) is 4.43 Å². The van der Waals surface area contributed by atoms with Crippen LogP contribution in [0.25, 0.3) is 0 Å². The van der Waals surface area contributed by atoms with Gasteiger partial charge in [0, 0.05) is 13.0 Å². The van der Waals surface area contributed by atoms with E-state index in [0.29, 0.717) is 13.0 Å². The standard InChI is InChI=1S/C21H35NO3Si/c1-19(2,3)21(16-12-10-9-11-13-16)14-17(15-22(21)18(23)24)25-26(7,8)20(4,5)6/h9-13,17H,14-15H2,1-8H3,(H,23,24)/t17-,21+/m0/s1. The average molecular weight is 378 g/mol. The largest absolute Gasteiger partial charge is 0.465 e. The van der Waals surface area contributed by atoms with Crippen LogP contribution in [-0.2, 0) is 9.96 Å². The van der Waals surface area contributed by atoms with Crippen molar-refractivity contribution in [3.63, 3.8) is 0 Å². The van der Waals surface area contributed by atoms with Crippen LogP contribution in [-0.4, -0.2) is 37.1 Å². The van der Waals surface area contributed by atoms with Gasteiger partial charge in [-0.25, -0.2) is 4.79 Å². The number of hydrogen-bond donors (Lipinski definition) is 1. The Morgan fingerprint density at radius 2 is 1.69 bits per heavy atom. The van der Waals surface area contributed by atoms with E-state index in [-0.39, 0.29) is 16.6 Å². The quantitative estimate of drug-likeness (QED) is 0.687. The fourth-order valence-electron chi connectivity index (χ4n) is 3.91. The molecule has 1 aromatic carbocycles. The van der Waals surface area contributed by atoms with Gasteiger partial charge in [0.1, 0.15) is 0 Å². The molecule has 0 aromatic heterocycles. The first-order valence-corrected chi connectivity index (χ1v) is 12.4. The summed E-state index contributed by atoms with van der Waals surface area (Å²) < 4.78 is 6.65. The van der Waals surface area contributed by atoms with E-state index in [2.05, 4.69) is 66.8 Å². The highest BCUT2D eigenvalue weighted by atomic mass is 28.4. The number of nitrogens with zero attached hydrogens (tertiary/aromatic N) is 1. The van der Waals surface area contributed by atoms with Crippen LogP contribution in [0, 0.1) is 5.41 Å². The third-order valence-electron chi connectivity index (χ3n) is 6.36. The summed E-state index contributed by atoms with van der Waals surface area (Å²) in [5.41, 5.74) is 0.210. The Morgan fingerprint density at radius 1 is 1.15 bits per heavy atom. The molecule has 146 valence electrons. The lowest BCUT2D eigenvalue weighted by Crippen LogP contribution is -2.52. The normalized spacial score (nSPS) is 24.8. The van der Waals surface area contributed by atoms with Crippen LogP contribution in [0.3, 0.4) is 0 Å². The number of benzene rings is 1. The van der Waals surface area contributed by atoms with Crippen LogP contribution in [0.1, 0.15) is 53.5 Å². The molecule has 5 heteroatoms. The van der Waals surface area contributed by atoms with E-state index in [9.17, 15) is 9.90 Å². The molecule has 0 aliphatic carbocycles. The molecule has 1 heterocycles. The van der Waals surface area contributed by atoms with Crippen molar-refractivity contribution in [1.82, 2.24) is 4.90 Å². The van der Waals surface area contributed by atoms with E-state index >= 15 is 0 Å². The molecule has 26 heavy (non-hydrogen) atoms. The predicted molar refractivity (Wildman–Crippen MR) is 109 cm³/mol. The minimum absolute atomic E-state index is 0.0774. The van der Waals surface area contributed by atoms with Crippen molar-refractivity contribution < 1.29 is 14.3 Å². The van der Waals surface area contributed by atoms with E-state index in [1.165, 1.54) is 0 Å². The molecule has 1 saturated heterocycles. The molecule has 1 aliphatic rings. The van der Waals surface area contributed by atoms with Crippen molar-refractivity contribution in [3.05, 3.63) is 35.9 Å². The summed E-state index contributed by atoms with van der Waals surface area (Å²) >= 11 is 0. The van der Waals surface area contributed by atoms with Crippen molar-refractivity contribution in [2.75, 3.05) is 6.54 Å². The minimum atomic E-state index is -1.98. The van der Waals surface area contributed by atoms with Gasteiger partial charge in [-0.3, -0.25) is 4.90 Å². The first-order valence-electron chi connectivity index (χ1n) is 9.46. The minimum Gasteiger partial charge on any atom is -0.465 e. The number of carbonyl (C=O) groups is 1. The maximum atomic E-state index is 12.2. The van der Waals surface area contributed by atoms with Gasteiger partial charge in [0.25, 0.3) is 0 Å². The second kappa shape index (κ2) is 6.68. The van der Waals surface area contributed by atoms with Gasteiger partial charge in [-0.2, -0.15) is 0 Å². The third-order valence-corrected chi connectivity index (χ3v) is 10.9. The summed E-state index contributed by atoms with van der Waals surface area (Å²) in [6, 6.07) is 10.1. The molecule has 2 rings (SSSR count). The molecule has 1 amide bonds. The first-order chi connectivity index (χ1) is 11.7. The predicted octanol–water partition coefficient (Wildman–Crippen LogP) is 5.70. The zero-order chi connectivity index (χ0) is 20.0. The number of hydrogen-bond acceptors (Lipinski definition) is 2. The van der Waals surface area contributed by atoms with Gasteiger partial charge in [0.15, 0.2) is 8.32 Å². The van der Waals surface area contributed by atoms with Crippen LogP contribution >= 0.6 is 0 Å². The summed E-state index contributed by atoms with van der Waals surface area (Å²) in [4.78, 5) is 13.9. The molecule has 0 spiro atoms. The highest BCUT2D eigenvalue weighted by Crippen LogP contribution is 2.52. The topological polar surface area (TPSA) is 49.8 Å². The Labute approximate surface area is 159 Å². The van der Waals surface area contributed by atoms with Gasteiger partial charge >= 0.3 is 6.09 Å². The Balaban J connectivity index is 2.49. The molecule has 1 N–H and O–H groups in total. The van der Waals surface area contributed by atoms with Gasteiger partial charge in [-0.15, -0.1) is 0 Å². The van der Waals surface area contributed by atoms with Crippen molar-refractivity contribution in [3.8, 4) is 0 Å². The van der Waals surface area contributed by atoms with E-state index in [0.717, 1.165) is 5.56 Å². The van der Waals surface area contributed by atoms with Crippen LogP contribution in [0.5, 0.6) is 0 Å². The Kier molecular flexibility index (Phi) is 5.39. The number of carboxylic acid groups (broad SMARTS) is 1. The van der Waals surface area contributed by atoms with Gasteiger partial charge in [-0.05, 0) is 29.1 Å². The highest BCUT2D eigenvalue weighted by molar-refractivity contribution is 6.74. The van der Waals surface area contributed by atoms with Crippen molar-refractivity contribution in [1.29, 1.82) is 0 Å². The average Bonchev–Trinajstić information content (AvgIpc) is 2.87. The Morgan fingerprint density at radius 3 is 2.12 bits per heavy atom. The number of rotatable bonds is 3. The van der Waals surface area contributed by atoms with E-state index < -0.39 is 19.9 Å². The SMILES string of the molecule is CC(C)(C)[C@]1(c2ccccc2)C[C@H](O[Si](C)(C)C(C)(C)C)CN1C(=O)O. The Bertz CT molecular complexity index is 645. The van der Waals surface area contributed by atoms with Gasteiger partial charge in [0.05, 0.1) is 11.6 Å². The van der Waals surface area contributed by atoms with E-state index in [1.54, 1.807) is 4.90 Å². The smallest absolute Gasteiger partial charge is 0.408 e.